The van der Waals surface area contributed by atoms with Crippen LogP contribution in [-0.4, -0.2) is 41.9 Å². The molecule has 0 saturated carbocycles. The van der Waals surface area contributed by atoms with E-state index in [9.17, 15) is 9.90 Å². The lowest BCUT2D eigenvalue weighted by Gasteiger charge is -2.30. The zero-order valence-electron chi connectivity index (χ0n) is 15.0. The fraction of sp³-hybridized carbons (Fsp3) is 0.611. The Kier molecular flexibility index (Phi) is 6.88. The van der Waals surface area contributed by atoms with Crippen molar-refractivity contribution in [1.82, 2.24) is 4.90 Å². The molecule has 0 radical (unpaired) electrons. The molecule has 0 fully saturated rings. The number of benzene rings is 1. The van der Waals surface area contributed by atoms with E-state index >= 15 is 0 Å². The largest absolute Gasteiger partial charge is 0.497 e. The fourth-order valence-electron chi connectivity index (χ4n) is 2.15. The van der Waals surface area contributed by atoms with Crippen LogP contribution in [0, 0.1) is 5.92 Å². The molecule has 0 bridgehead atoms. The van der Waals surface area contributed by atoms with Gasteiger partial charge in [-0.25, -0.2) is 4.79 Å². The average Bonchev–Trinajstić information content (AvgIpc) is 2.44. The number of hydrogen-bond acceptors (Lipinski definition) is 4. The van der Waals surface area contributed by atoms with E-state index in [1.165, 1.54) is 0 Å². The molecule has 5 nitrogen and oxygen atoms in total. The Labute approximate surface area is 139 Å². The van der Waals surface area contributed by atoms with Gasteiger partial charge in [0.05, 0.1) is 19.8 Å². The first-order chi connectivity index (χ1) is 10.6. The van der Waals surface area contributed by atoms with Crippen LogP contribution in [0.15, 0.2) is 24.3 Å². The van der Waals surface area contributed by atoms with Crippen LogP contribution in [0.4, 0.5) is 4.79 Å². The highest BCUT2D eigenvalue weighted by molar-refractivity contribution is 5.68. The summed E-state index contributed by atoms with van der Waals surface area (Å²) >= 11 is 0. The Balaban J connectivity index is 2.84. The molecule has 0 aliphatic carbocycles. The van der Waals surface area contributed by atoms with Gasteiger partial charge in [0.1, 0.15) is 11.4 Å². The fourth-order valence-corrected chi connectivity index (χ4v) is 2.15. The van der Waals surface area contributed by atoms with Crippen LogP contribution in [-0.2, 0) is 4.74 Å². The van der Waals surface area contributed by atoms with Gasteiger partial charge in [-0.3, -0.25) is 0 Å². The molecule has 1 rings (SSSR count). The van der Waals surface area contributed by atoms with E-state index in [4.69, 9.17) is 9.47 Å². The van der Waals surface area contributed by atoms with Crippen LogP contribution in [0.3, 0.4) is 0 Å². The van der Waals surface area contributed by atoms with E-state index in [-0.39, 0.29) is 12.5 Å². The third-order valence-corrected chi connectivity index (χ3v) is 3.11. The predicted molar refractivity (Wildman–Crippen MR) is 90.6 cm³/mol. The van der Waals surface area contributed by atoms with E-state index in [1.54, 1.807) is 18.1 Å². The van der Waals surface area contributed by atoms with Crippen LogP contribution >= 0.6 is 0 Å². The second-order valence-electron chi connectivity index (χ2n) is 7.07. The summed E-state index contributed by atoms with van der Waals surface area (Å²) in [5.74, 6) is 0.953. The Bertz CT molecular complexity index is 508. The summed E-state index contributed by atoms with van der Waals surface area (Å²) in [5, 5.41) is 10.5. The third-order valence-electron chi connectivity index (χ3n) is 3.11. The number of carbonyl (C=O) groups excluding carboxylic acids is 1. The Hall–Kier alpha value is -1.75. The molecule has 0 aliphatic rings. The van der Waals surface area contributed by atoms with Gasteiger partial charge >= 0.3 is 6.09 Å². The Morgan fingerprint density at radius 1 is 1.26 bits per heavy atom. The van der Waals surface area contributed by atoms with Crippen molar-refractivity contribution in [3.05, 3.63) is 29.8 Å². The molecule has 1 aromatic rings. The molecule has 1 amide bonds. The van der Waals surface area contributed by atoms with Gasteiger partial charge < -0.3 is 19.5 Å². The second-order valence-corrected chi connectivity index (χ2v) is 7.07. The molecule has 1 atom stereocenters. The SMILES string of the molecule is COc1cccc(C(O)CN(CC(C)C)C(=O)OC(C)(C)C)c1. The molecular formula is C18H29NO4. The number of aliphatic hydroxyl groups is 1. The molecule has 0 aromatic heterocycles. The Morgan fingerprint density at radius 2 is 1.91 bits per heavy atom. The molecule has 1 N–H and O–H groups in total. The quantitative estimate of drug-likeness (QED) is 0.868. The number of rotatable bonds is 6. The lowest BCUT2D eigenvalue weighted by atomic mass is 10.1. The molecule has 0 saturated heterocycles. The summed E-state index contributed by atoms with van der Waals surface area (Å²) in [6.45, 7) is 10.2. The maximum absolute atomic E-state index is 12.4. The maximum Gasteiger partial charge on any atom is 0.410 e. The molecule has 0 spiro atoms. The van der Waals surface area contributed by atoms with Crippen molar-refractivity contribution in [1.29, 1.82) is 0 Å². The molecule has 5 heteroatoms. The highest BCUT2D eigenvalue weighted by Gasteiger charge is 2.25. The normalized spacial score (nSPS) is 12.9. The predicted octanol–water partition coefficient (Wildman–Crippen LogP) is 3.62. The third kappa shape index (κ3) is 6.91. The molecule has 0 aliphatic heterocycles. The monoisotopic (exact) mass is 323 g/mol. The number of ether oxygens (including phenoxy) is 2. The van der Waals surface area contributed by atoms with Crippen LogP contribution in [0.2, 0.25) is 0 Å². The summed E-state index contributed by atoms with van der Waals surface area (Å²) in [4.78, 5) is 13.9. The van der Waals surface area contributed by atoms with Crippen molar-refractivity contribution < 1.29 is 19.4 Å². The van der Waals surface area contributed by atoms with E-state index in [0.717, 1.165) is 0 Å². The van der Waals surface area contributed by atoms with Gasteiger partial charge in [0, 0.05) is 6.54 Å². The number of hydrogen-bond donors (Lipinski definition) is 1. The zero-order valence-corrected chi connectivity index (χ0v) is 15.0. The molecule has 0 heterocycles. The number of amides is 1. The zero-order chi connectivity index (χ0) is 17.6. The van der Waals surface area contributed by atoms with Crippen molar-refractivity contribution in [2.45, 2.75) is 46.3 Å². The van der Waals surface area contributed by atoms with Crippen LogP contribution in [0.1, 0.15) is 46.3 Å². The van der Waals surface area contributed by atoms with Gasteiger partial charge in [0.25, 0.3) is 0 Å². The van der Waals surface area contributed by atoms with Gasteiger partial charge in [-0.1, -0.05) is 26.0 Å². The lowest BCUT2D eigenvalue weighted by Crippen LogP contribution is -2.41. The summed E-state index contributed by atoms with van der Waals surface area (Å²) < 4.78 is 10.6. The Morgan fingerprint density at radius 3 is 2.43 bits per heavy atom. The summed E-state index contributed by atoms with van der Waals surface area (Å²) in [7, 11) is 1.58. The average molecular weight is 323 g/mol. The van der Waals surface area contributed by atoms with Crippen molar-refractivity contribution in [3.63, 3.8) is 0 Å². The topological polar surface area (TPSA) is 59.0 Å². The minimum Gasteiger partial charge on any atom is -0.497 e. The lowest BCUT2D eigenvalue weighted by molar-refractivity contribution is 0.0119. The number of carbonyl (C=O) groups is 1. The smallest absolute Gasteiger partial charge is 0.410 e. The molecule has 1 aromatic carbocycles. The van der Waals surface area contributed by atoms with Crippen molar-refractivity contribution >= 4 is 6.09 Å². The number of aliphatic hydroxyl groups excluding tert-OH is 1. The van der Waals surface area contributed by atoms with Crippen LogP contribution in [0.25, 0.3) is 0 Å². The van der Waals surface area contributed by atoms with E-state index in [2.05, 4.69) is 0 Å². The number of methoxy groups -OCH3 is 1. The van der Waals surface area contributed by atoms with Gasteiger partial charge in [-0.15, -0.1) is 0 Å². The van der Waals surface area contributed by atoms with Gasteiger partial charge in [0.15, 0.2) is 0 Å². The maximum atomic E-state index is 12.4. The van der Waals surface area contributed by atoms with Crippen LogP contribution < -0.4 is 4.74 Å². The first-order valence-electron chi connectivity index (χ1n) is 7.92. The van der Waals surface area contributed by atoms with E-state index in [0.29, 0.717) is 17.9 Å². The molecular weight excluding hydrogens is 294 g/mol. The molecule has 130 valence electrons. The van der Waals surface area contributed by atoms with Crippen LogP contribution in [0.5, 0.6) is 5.75 Å². The standard InChI is InChI=1S/C18H29NO4/c1-13(2)11-19(17(21)23-18(3,4)5)12-16(20)14-8-7-9-15(10-14)22-6/h7-10,13,16,20H,11-12H2,1-6H3. The van der Waals surface area contributed by atoms with Gasteiger partial charge in [-0.05, 0) is 44.4 Å². The highest BCUT2D eigenvalue weighted by atomic mass is 16.6. The number of nitrogens with zero attached hydrogens (tertiary/aromatic N) is 1. The minimum atomic E-state index is -0.795. The van der Waals surface area contributed by atoms with E-state index in [1.807, 2.05) is 52.8 Å². The first kappa shape index (κ1) is 19.3. The molecule has 1 unspecified atom stereocenters. The van der Waals surface area contributed by atoms with Crippen molar-refractivity contribution in [3.8, 4) is 5.75 Å². The minimum absolute atomic E-state index is 0.181. The van der Waals surface area contributed by atoms with Gasteiger partial charge in [-0.2, -0.15) is 0 Å². The van der Waals surface area contributed by atoms with Gasteiger partial charge in [0.2, 0.25) is 0 Å². The summed E-state index contributed by atoms with van der Waals surface area (Å²) in [6.07, 6.45) is -1.20. The first-order valence-corrected chi connectivity index (χ1v) is 7.92. The summed E-state index contributed by atoms with van der Waals surface area (Å²) in [6, 6.07) is 7.22. The summed E-state index contributed by atoms with van der Waals surface area (Å²) in [5.41, 5.74) is 0.148. The van der Waals surface area contributed by atoms with Crippen molar-refractivity contribution in [2.75, 3.05) is 20.2 Å². The molecule has 23 heavy (non-hydrogen) atoms. The van der Waals surface area contributed by atoms with Crippen molar-refractivity contribution in [2.24, 2.45) is 5.92 Å². The second kappa shape index (κ2) is 8.20. The van der Waals surface area contributed by atoms with E-state index < -0.39 is 17.8 Å². The highest BCUT2D eigenvalue weighted by Crippen LogP contribution is 2.21.